The molecule has 0 saturated heterocycles. The minimum absolute atomic E-state index is 0. The number of hydrogen-bond donors (Lipinski definition) is 2. The van der Waals surface area contributed by atoms with Gasteiger partial charge in [-0.3, -0.25) is 10.4 Å². The zero-order chi connectivity index (χ0) is 12.1. The second kappa shape index (κ2) is 5.29. The summed E-state index contributed by atoms with van der Waals surface area (Å²) in [7, 11) is 2.36. The van der Waals surface area contributed by atoms with Gasteiger partial charge < -0.3 is 9.47 Å². The first-order chi connectivity index (χ1) is 7.58. The number of alkyl halides is 1. The molecule has 8 heteroatoms. The molecule has 0 bridgehead atoms. The van der Waals surface area contributed by atoms with Crippen LogP contribution in [0.1, 0.15) is 9.27 Å². The standard InChI is InChI=1S/C8H12FN3O4.2H2/c1-15-7(13)5-3-4(9)6(10-5)11-12-8(14)16-2;;/h4-5H,3H2,1-2H3,(H,10,11)(H,12,14);2*1H/t4-,5-;;/m0../s1. The number of esters is 1. The second-order valence-electron chi connectivity index (χ2n) is 3.00. The molecular formula is C8H16FN3O4. The fourth-order valence-electron chi connectivity index (χ4n) is 1.17. The third kappa shape index (κ3) is 2.81. The van der Waals surface area contributed by atoms with Crippen LogP contribution in [0.4, 0.5) is 9.18 Å². The lowest BCUT2D eigenvalue weighted by molar-refractivity contribution is -0.142. The van der Waals surface area contributed by atoms with E-state index in [0.717, 1.165) is 7.11 Å². The van der Waals surface area contributed by atoms with Crippen molar-refractivity contribution in [3.8, 4) is 0 Å². The maximum atomic E-state index is 13.3. The van der Waals surface area contributed by atoms with Crippen LogP contribution in [-0.2, 0) is 14.3 Å². The van der Waals surface area contributed by atoms with Crippen LogP contribution in [-0.4, -0.2) is 44.3 Å². The largest absolute Gasteiger partial charge is 0.467 e. The Hall–Kier alpha value is -1.86. The van der Waals surface area contributed by atoms with Gasteiger partial charge in [-0.2, -0.15) is 0 Å². The zero-order valence-corrected chi connectivity index (χ0v) is 8.82. The molecule has 7 nitrogen and oxygen atoms in total. The topological polar surface area (TPSA) is 89.0 Å². The number of amidine groups is 1. The number of nitrogens with one attached hydrogen (secondary N) is 2. The fourth-order valence-corrected chi connectivity index (χ4v) is 1.17. The molecule has 2 N–H and O–H groups in total. The highest BCUT2D eigenvalue weighted by molar-refractivity contribution is 5.93. The quantitative estimate of drug-likeness (QED) is 0.495. The van der Waals surface area contributed by atoms with E-state index in [2.05, 4.69) is 19.9 Å². The van der Waals surface area contributed by atoms with Crippen molar-refractivity contribution in [2.45, 2.75) is 18.6 Å². The summed E-state index contributed by atoms with van der Waals surface area (Å²) in [5, 5.41) is 0. The van der Waals surface area contributed by atoms with Crippen LogP contribution in [0, 0.1) is 0 Å². The van der Waals surface area contributed by atoms with Crippen LogP contribution < -0.4 is 10.9 Å². The summed E-state index contributed by atoms with van der Waals surface area (Å²) < 4.78 is 22.0. The number of amides is 1. The van der Waals surface area contributed by atoms with Crippen molar-refractivity contribution in [1.82, 2.24) is 10.9 Å². The molecule has 0 aliphatic carbocycles. The maximum absolute atomic E-state index is 13.3. The Bertz CT molecular complexity index is 329. The van der Waals surface area contributed by atoms with Crippen molar-refractivity contribution in [2.24, 2.45) is 4.99 Å². The first kappa shape index (κ1) is 12.2. The molecule has 0 spiro atoms. The molecule has 16 heavy (non-hydrogen) atoms. The Morgan fingerprint density at radius 3 is 2.75 bits per heavy atom. The van der Waals surface area contributed by atoms with Crippen LogP contribution in [0.5, 0.6) is 0 Å². The van der Waals surface area contributed by atoms with Gasteiger partial charge >= 0.3 is 12.1 Å². The molecule has 1 aliphatic rings. The van der Waals surface area contributed by atoms with E-state index < -0.39 is 24.3 Å². The number of aliphatic imine (C=N–C) groups is 1. The van der Waals surface area contributed by atoms with Crippen LogP contribution >= 0.6 is 0 Å². The molecule has 1 amide bonds. The Morgan fingerprint density at radius 1 is 1.50 bits per heavy atom. The molecule has 0 aromatic heterocycles. The first-order valence-electron chi connectivity index (χ1n) is 4.48. The van der Waals surface area contributed by atoms with Gasteiger partial charge in [0.15, 0.2) is 18.0 Å². The highest BCUT2D eigenvalue weighted by atomic mass is 19.1. The van der Waals surface area contributed by atoms with Gasteiger partial charge in [-0.25, -0.2) is 19.4 Å². The van der Waals surface area contributed by atoms with E-state index in [0.29, 0.717) is 0 Å². The number of hydrazine groups is 1. The summed E-state index contributed by atoms with van der Waals surface area (Å²) in [5.74, 6) is -0.738. The van der Waals surface area contributed by atoms with E-state index >= 15 is 0 Å². The number of ether oxygens (including phenoxy) is 2. The van der Waals surface area contributed by atoms with Crippen LogP contribution in [0.3, 0.4) is 0 Å². The summed E-state index contributed by atoms with van der Waals surface area (Å²) in [6.07, 6.45) is -2.32. The van der Waals surface area contributed by atoms with Gasteiger partial charge in [0, 0.05) is 9.27 Å². The van der Waals surface area contributed by atoms with E-state index in [9.17, 15) is 14.0 Å². The third-order valence-corrected chi connectivity index (χ3v) is 1.97. The summed E-state index contributed by atoms with van der Waals surface area (Å²) >= 11 is 0. The Kier molecular flexibility index (Phi) is 4.03. The normalized spacial score (nSPS) is 23.3. The van der Waals surface area contributed by atoms with Gasteiger partial charge in [0.1, 0.15) is 0 Å². The maximum Gasteiger partial charge on any atom is 0.425 e. The molecule has 0 unspecified atom stereocenters. The van der Waals surface area contributed by atoms with E-state index in [1.165, 1.54) is 7.11 Å². The van der Waals surface area contributed by atoms with Gasteiger partial charge in [0.05, 0.1) is 14.2 Å². The number of carbonyl (C=O) groups is 2. The molecular weight excluding hydrogens is 221 g/mol. The highest BCUT2D eigenvalue weighted by Gasteiger charge is 2.33. The number of methoxy groups -OCH3 is 2. The van der Waals surface area contributed by atoms with E-state index in [-0.39, 0.29) is 15.1 Å². The first-order valence-corrected chi connectivity index (χ1v) is 4.48. The summed E-state index contributed by atoms with van der Waals surface area (Å²) in [6, 6.07) is -0.873. The molecule has 0 aromatic rings. The summed E-state index contributed by atoms with van der Waals surface area (Å²) in [5.41, 5.74) is 4.28. The molecule has 1 aliphatic heterocycles. The molecule has 2 atom stereocenters. The number of carbonyl (C=O) groups excluding carboxylic acids is 2. The molecule has 0 radical (unpaired) electrons. The average molecular weight is 237 g/mol. The number of halogens is 1. The van der Waals surface area contributed by atoms with E-state index in [4.69, 9.17) is 0 Å². The van der Waals surface area contributed by atoms with Gasteiger partial charge in [0.25, 0.3) is 0 Å². The predicted octanol–water partition coefficient (Wildman–Crippen LogP) is 0.0209. The van der Waals surface area contributed by atoms with Gasteiger partial charge in [0.2, 0.25) is 0 Å². The van der Waals surface area contributed by atoms with Crippen LogP contribution in [0.25, 0.3) is 0 Å². The van der Waals surface area contributed by atoms with Crippen LogP contribution in [0.15, 0.2) is 4.99 Å². The molecule has 0 fully saturated rings. The molecule has 94 valence electrons. The second-order valence-corrected chi connectivity index (χ2v) is 3.00. The van der Waals surface area contributed by atoms with Crippen molar-refractivity contribution in [3.63, 3.8) is 0 Å². The average Bonchev–Trinajstić information content (AvgIpc) is 2.66. The lowest BCUT2D eigenvalue weighted by Gasteiger charge is -2.07. The smallest absolute Gasteiger partial charge is 0.425 e. The zero-order valence-electron chi connectivity index (χ0n) is 8.82. The fraction of sp³-hybridized carbons (Fsp3) is 0.625. The SMILES string of the molecule is COC(=O)NNC1=N[C@H](C(=O)OC)C[C@@H]1F.[HH].[HH]. The number of nitrogens with zero attached hydrogens (tertiary/aromatic N) is 1. The van der Waals surface area contributed by atoms with Gasteiger partial charge in [-0.15, -0.1) is 0 Å². The number of hydrogen-bond acceptors (Lipinski definition) is 6. The van der Waals surface area contributed by atoms with E-state index in [1.807, 2.05) is 5.43 Å². The Morgan fingerprint density at radius 2 is 2.19 bits per heavy atom. The lowest BCUT2D eigenvalue weighted by atomic mass is 10.2. The van der Waals surface area contributed by atoms with Crippen molar-refractivity contribution >= 4 is 17.9 Å². The summed E-state index contributed by atoms with van der Waals surface area (Å²) in [6.45, 7) is 0. The van der Waals surface area contributed by atoms with Crippen LogP contribution in [0.2, 0.25) is 0 Å². The summed E-state index contributed by atoms with van der Waals surface area (Å²) in [4.78, 5) is 25.5. The van der Waals surface area contributed by atoms with E-state index in [1.54, 1.807) is 0 Å². The van der Waals surface area contributed by atoms with Crippen molar-refractivity contribution in [2.75, 3.05) is 14.2 Å². The Labute approximate surface area is 93.9 Å². The minimum Gasteiger partial charge on any atom is -0.467 e. The lowest BCUT2D eigenvalue weighted by Crippen LogP contribution is -2.44. The molecule has 0 aromatic carbocycles. The van der Waals surface area contributed by atoms with Gasteiger partial charge in [-0.1, -0.05) is 0 Å². The molecule has 0 saturated carbocycles. The van der Waals surface area contributed by atoms with Crippen molar-refractivity contribution in [3.05, 3.63) is 0 Å². The highest BCUT2D eigenvalue weighted by Crippen LogP contribution is 2.16. The number of rotatable bonds is 1. The van der Waals surface area contributed by atoms with Crippen molar-refractivity contribution in [1.29, 1.82) is 0 Å². The predicted molar refractivity (Wildman–Crippen MR) is 55.7 cm³/mol. The molecule has 1 rings (SSSR count). The minimum atomic E-state index is -1.44. The third-order valence-electron chi connectivity index (χ3n) is 1.97. The Balaban J connectivity index is 0. The monoisotopic (exact) mass is 237 g/mol. The van der Waals surface area contributed by atoms with Crippen molar-refractivity contribution < 1.29 is 26.3 Å². The van der Waals surface area contributed by atoms with Gasteiger partial charge in [-0.05, 0) is 0 Å². The molecule has 1 heterocycles.